The van der Waals surface area contributed by atoms with Crippen molar-refractivity contribution in [2.75, 3.05) is 26.7 Å². The third-order valence-corrected chi connectivity index (χ3v) is 5.63. The van der Waals surface area contributed by atoms with Gasteiger partial charge >= 0.3 is 0 Å². The number of aromatic nitrogens is 3. The molecule has 1 aromatic carbocycles. The van der Waals surface area contributed by atoms with Crippen LogP contribution >= 0.6 is 0 Å². The number of hydrogen-bond acceptors (Lipinski definition) is 4. The van der Waals surface area contributed by atoms with Crippen molar-refractivity contribution in [3.8, 4) is 16.9 Å². The van der Waals surface area contributed by atoms with Gasteiger partial charge in [0.25, 0.3) is 0 Å². The Hall–Kier alpha value is -2.50. The van der Waals surface area contributed by atoms with Crippen LogP contribution in [0, 0.1) is 5.92 Å². The summed E-state index contributed by atoms with van der Waals surface area (Å²) in [5, 5.41) is 8.51. The van der Waals surface area contributed by atoms with E-state index in [9.17, 15) is 0 Å². The van der Waals surface area contributed by atoms with Crippen molar-refractivity contribution in [2.24, 2.45) is 5.92 Å². The van der Waals surface area contributed by atoms with Crippen molar-refractivity contribution in [1.29, 1.82) is 0 Å². The van der Waals surface area contributed by atoms with E-state index in [1.54, 1.807) is 6.20 Å². The summed E-state index contributed by atoms with van der Waals surface area (Å²) in [6, 6.07) is 14.3. The van der Waals surface area contributed by atoms with Crippen LogP contribution in [0.2, 0.25) is 0 Å². The molecule has 0 unspecified atom stereocenters. The van der Waals surface area contributed by atoms with Crippen LogP contribution in [0.25, 0.3) is 16.9 Å². The lowest BCUT2D eigenvalue weighted by atomic mass is 9.94. The number of likely N-dealkylation sites (tertiary alicyclic amines) is 1. The van der Waals surface area contributed by atoms with E-state index in [2.05, 4.69) is 46.6 Å². The van der Waals surface area contributed by atoms with Crippen LogP contribution in [0.1, 0.15) is 24.8 Å². The normalized spacial score (nSPS) is 15.8. The van der Waals surface area contributed by atoms with Crippen molar-refractivity contribution < 1.29 is 0 Å². The largest absolute Gasteiger partial charge is 0.313 e. The predicted octanol–water partition coefficient (Wildman–Crippen LogP) is 3.76. The number of piperidine rings is 1. The number of nitrogens with one attached hydrogen (secondary N) is 1. The monoisotopic (exact) mass is 375 g/mol. The Balaban J connectivity index is 1.44. The van der Waals surface area contributed by atoms with Crippen LogP contribution in [0.4, 0.5) is 0 Å². The molecular formula is C23H29N5. The molecule has 1 N–H and O–H groups in total. The maximum Gasteiger partial charge on any atom is 0.0988 e. The maximum atomic E-state index is 4.86. The molecular weight excluding hydrogens is 346 g/mol. The molecule has 0 spiro atoms. The van der Waals surface area contributed by atoms with Gasteiger partial charge in [-0.1, -0.05) is 18.2 Å². The van der Waals surface area contributed by atoms with E-state index < -0.39 is 0 Å². The fraction of sp³-hybridized carbons (Fsp3) is 0.391. The molecule has 0 amide bonds. The second-order valence-corrected chi connectivity index (χ2v) is 7.74. The fourth-order valence-electron chi connectivity index (χ4n) is 3.88. The Morgan fingerprint density at radius 1 is 1.07 bits per heavy atom. The lowest BCUT2D eigenvalue weighted by molar-refractivity contribution is 0.211. The molecule has 2 aromatic heterocycles. The van der Waals surface area contributed by atoms with Gasteiger partial charge in [-0.2, -0.15) is 5.10 Å². The second-order valence-electron chi connectivity index (χ2n) is 7.74. The molecule has 1 fully saturated rings. The minimum atomic E-state index is 0.823. The first-order valence-corrected chi connectivity index (χ1v) is 10.2. The molecule has 3 heterocycles. The second kappa shape index (κ2) is 9.13. The van der Waals surface area contributed by atoms with Gasteiger partial charge in [-0.3, -0.25) is 4.98 Å². The summed E-state index contributed by atoms with van der Waals surface area (Å²) in [6.07, 6.45) is 9.73. The molecule has 1 saturated heterocycles. The molecule has 1 aliphatic heterocycles. The molecule has 0 radical (unpaired) electrons. The number of para-hydroxylation sites is 1. The number of nitrogens with zero attached hydrogens (tertiary/aromatic N) is 4. The van der Waals surface area contributed by atoms with Gasteiger partial charge in [-0.05, 0) is 76.1 Å². The molecule has 0 aliphatic carbocycles. The van der Waals surface area contributed by atoms with E-state index in [0.717, 1.165) is 36.0 Å². The predicted molar refractivity (Wildman–Crippen MR) is 113 cm³/mol. The maximum absolute atomic E-state index is 4.86. The van der Waals surface area contributed by atoms with Crippen molar-refractivity contribution in [3.63, 3.8) is 0 Å². The van der Waals surface area contributed by atoms with Crippen molar-refractivity contribution in [3.05, 3.63) is 66.6 Å². The molecule has 5 nitrogen and oxygen atoms in total. The summed E-state index contributed by atoms with van der Waals surface area (Å²) >= 11 is 0. The Labute approximate surface area is 167 Å². The van der Waals surface area contributed by atoms with Crippen LogP contribution in [-0.4, -0.2) is 46.3 Å². The van der Waals surface area contributed by atoms with E-state index in [1.807, 2.05) is 35.1 Å². The van der Waals surface area contributed by atoms with E-state index in [-0.39, 0.29) is 0 Å². The highest BCUT2D eigenvalue weighted by atomic mass is 15.3. The molecule has 28 heavy (non-hydrogen) atoms. The molecule has 4 rings (SSSR count). The third-order valence-electron chi connectivity index (χ3n) is 5.63. The summed E-state index contributed by atoms with van der Waals surface area (Å²) in [7, 11) is 2.22. The average molecular weight is 376 g/mol. The van der Waals surface area contributed by atoms with Gasteiger partial charge in [0.1, 0.15) is 0 Å². The molecule has 0 bridgehead atoms. The van der Waals surface area contributed by atoms with E-state index in [0.29, 0.717) is 0 Å². The van der Waals surface area contributed by atoms with Crippen LogP contribution < -0.4 is 5.32 Å². The molecule has 146 valence electrons. The standard InChI is InChI=1S/C23H29N5/c1-27-14-10-19(11-15-27)9-13-25-17-21-18-28(22-7-3-2-4-8-22)26-23(21)20-6-5-12-24-16-20/h2-8,12,16,18-19,25H,9-11,13-15,17H2,1H3. The Bertz CT molecular complexity index is 851. The summed E-state index contributed by atoms with van der Waals surface area (Å²) < 4.78 is 1.97. The summed E-state index contributed by atoms with van der Waals surface area (Å²) in [5.74, 6) is 0.855. The highest BCUT2D eigenvalue weighted by Gasteiger charge is 2.16. The van der Waals surface area contributed by atoms with Gasteiger partial charge in [0.2, 0.25) is 0 Å². The van der Waals surface area contributed by atoms with E-state index in [4.69, 9.17) is 5.10 Å². The van der Waals surface area contributed by atoms with Gasteiger partial charge < -0.3 is 10.2 Å². The van der Waals surface area contributed by atoms with Gasteiger partial charge in [0, 0.05) is 36.3 Å². The summed E-state index contributed by atoms with van der Waals surface area (Å²) in [6.45, 7) is 4.35. The lowest BCUT2D eigenvalue weighted by Gasteiger charge is -2.28. The van der Waals surface area contributed by atoms with E-state index in [1.165, 1.54) is 37.9 Å². The van der Waals surface area contributed by atoms with Crippen LogP contribution in [0.5, 0.6) is 0 Å². The van der Waals surface area contributed by atoms with Gasteiger partial charge in [-0.25, -0.2) is 4.68 Å². The van der Waals surface area contributed by atoms with Crippen LogP contribution in [-0.2, 0) is 6.54 Å². The highest BCUT2D eigenvalue weighted by molar-refractivity contribution is 5.62. The Morgan fingerprint density at radius 3 is 2.64 bits per heavy atom. The van der Waals surface area contributed by atoms with Gasteiger partial charge in [0.05, 0.1) is 11.4 Å². The zero-order chi connectivity index (χ0) is 19.2. The third kappa shape index (κ3) is 4.66. The number of rotatable bonds is 7. The first-order chi connectivity index (χ1) is 13.8. The lowest BCUT2D eigenvalue weighted by Crippen LogP contribution is -2.31. The number of hydrogen-bond donors (Lipinski definition) is 1. The number of pyridine rings is 1. The quantitative estimate of drug-likeness (QED) is 0.639. The Kier molecular flexibility index (Phi) is 6.14. The number of benzene rings is 1. The van der Waals surface area contributed by atoms with Crippen molar-refractivity contribution in [2.45, 2.75) is 25.8 Å². The smallest absolute Gasteiger partial charge is 0.0988 e. The van der Waals surface area contributed by atoms with Crippen LogP contribution in [0.3, 0.4) is 0 Å². The minimum Gasteiger partial charge on any atom is -0.313 e. The fourth-order valence-corrected chi connectivity index (χ4v) is 3.88. The molecule has 1 aliphatic rings. The molecule has 0 atom stereocenters. The molecule has 5 heteroatoms. The van der Waals surface area contributed by atoms with Gasteiger partial charge in [0.15, 0.2) is 0 Å². The minimum absolute atomic E-state index is 0.823. The van der Waals surface area contributed by atoms with Crippen molar-refractivity contribution in [1.82, 2.24) is 25.0 Å². The first kappa shape index (κ1) is 18.8. The molecule has 3 aromatic rings. The van der Waals surface area contributed by atoms with E-state index >= 15 is 0 Å². The van der Waals surface area contributed by atoms with Crippen molar-refractivity contribution >= 4 is 0 Å². The zero-order valence-electron chi connectivity index (χ0n) is 16.6. The highest BCUT2D eigenvalue weighted by Crippen LogP contribution is 2.23. The first-order valence-electron chi connectivity index (χ1n) is 10.2. The topological polar surface area (TPSA) is 46.0 Å². The van der Waals surface area contributed by atoms with Crippen LogP contribution in [0.15, 0.2) is 61.1 Å². The molecule has 0 saturated carbocycles. The Morgan fingerprint density at radius 2 is 1.89 bits per heavy atom. The average Bonchev–Trinajstić information content (AvgIpc) is 3.18. The summed E-state index contributed by atoms with van der Waals surface area (Å²) in [5.41, 5.74) is 4.35. The zero-order valence-corrected chi connectivity index (χ0v) is 16.6. The SMILES string of the molecule is CN1CCC(CCNCc2cn(-c3ccccc3)nc2-c2cccnc2)CC1. The van der Waals surface area contributed by atoms with Gasteiger partial charge in [-0.15, -0.1) is 0 Å². The summed E-state index contributed by atoms with van der Waals surface area (Å²) in [4.78, 5) is 6.71.